The number of amides is 1. The van der Waals surface area contributed by atoms with E-state index >= 15 is 0 Å². The van der Waals surface area contributed by atoms with E-state index in [1.807, 2.05) is 47.0 Å². The summed E-state index contributed by atoms with van der Waals surface area (Å²) >= 11 is 6.64. The van der Waals surface area contributed by atoms with Crippen molar-refractivity contribution in [1.82, 2.24) is 14.1 Å². The Morgan fingerprint density at radius 2 is 1.58 bits per heavy atom. The molecule has 0 fully saturated rings. The summed E-state index contributed by atoms with van der Waals surface area (Å²) in [6.07, 6.45) is 9.73. The number of ketones is 1. The third-order valence-electron chi connectivity index (χ3n) is 14.2. The van der Waals surface area contributed by atoms with E-state index in [0.29, 0.717) is 48.4 Å². The molecule has 0 unspecified atom stereocenters. The number of aromatic nitrogens is 2. The topological polar surface area (TPSA) is 126 Å². The molecule has 0 atom stereocenters. The van der Waals surface area contributed by atoms with E-state index in [1.54, 1.807) is 11.8 Å². The van der Waals surface area contributed by atoms with Crippen molar-refractivity contribution >= 4 is 91.8 Å². The number of allylic oxidation sites excluding steroid dienone is 7. The van der Waals surface area contributed by atoms with Crippen LogP contribution in [0.25, 0.3) is 31.9 Å². The largest absolute Gasteiger partial charge is 0.355 e. The predicted octanol–water partition coefficient (Wildman–Crippen LogP) is 13.7. The highest BCUT2D eigenvalue weighted by Gasteiger charge is 2.47. The van der Waals surface area contributed by atoms with E-state index < -0.39 is 5.41 Å². The number of benzene rings is 3. The number of thiophene rings is 2. The van der Waals surface area contributed by atoms with E-state index in [-0.39, 0.29) is 22.7 Å². The number of rotatable bonds is 19. The SMILES string of the molecule is CCCCN1/C(=C/C2=C(C(=C=N)C#N)C(=C\C3=[N+](CCCCC(=O)NCCSc4cc(-c5ccc(CC)s5)c5nsnc5c4-c4ccc(CC)s4)c4ccccc4C3(C)C)/C2=O)C(C)(C)c2ccccc21. The molecule has 0 radical (unpaired) electrons. The maximum Gasteiger partial charge on any atom is 0.220 e. The van der Waals surface area contributed by atoms with Crippen molar-refractivity contribution in [1.29, 1.82) is 10.7 Å². The van der Waals surface area contributed by atoms with Gasteiger partial charge >= 0.3 is 0 Å². The third kappa shape index (κ3) is 9.37. The zero-order chi connectivity index (χ0) is 50.0. The van der Waals surface area contributed by atoms with Gasteiger partial charge in [0.2, 0.25) is 11.6 Å². The lowest BCUT2D eigenvalue weighted by atomic mass is 9.73. The van der Waals surface area contributed by atoms with Crippen LogP contribution >= 0.6 is 46.2 Å². The van der Waals surface area contributed by atoms with Gasteiger partial charge in [-0.25, -0.2) is 0 Å². The van der Waals surface area contributed by atoms with Crippen molar-refractivity contribution in [2.45, 2.75) is 109 Å². The van der Waals surface area contributed by atoms with Gasteiger partial charge in [0, 0.05) is 118 Å². The van der Waals surface area contributed by atoms with E-state index in [1.165, 1.54) is 36.8 Å². The zero-order valence-corrected chi connectivity index (χ0v) is 44.9. The van der Waals surface area contributed by atoms with Gasteiger partial charge in [0.1, 0.15) is 29.2 Å². The molecule has 3 aromatic heterocycles. The van der Waals surface area contributed by atoms with E-state index in [4.69, 9.17) is 14.2 Å². The maximum absolute atomic E-state index is 14.5. The number of carbonyl (C=O) groups excluding carboxylic acids is 2. The molecular weight excluding hydrogens is 955 g/mol. The number of Topliss-reactive ketones (excluding diaryl/α,β-unsaturated/α-hetero) is 1. The molecule has 1 amide bonds. The highest BCUT2D eigenvalue weighted by atomic mass is 32.2. The number of unbranched alkanes of at least 4 members (excludes halogenated alkanes) is 2. The standard InChI is InChI=1S/C58H59N7O2S4/c1-8-11-28-64-44-20-14-12-18-42(44)57(4,5)49(64)32-40-52(36(34-59)35-60)41(56(40)67)33-50-58(6,7)43-19-13-15-21-45(43)65(50)29-17-16-22-51(66)61-27-30-68-48-31-39(46-25-23-37(9-2)69-46)54-55(63-71-62-54)53(48)47-26-24-38(10-3)70-47/h12-15,18-21,23-26,31-33,59H,8-11,16-17,22,27-30H2,1-7H3/p+1. The van der Waals surface area contributed by atoms with Gasteiger partial charge in [-0.1, -0.05) is 77.4 Å². The fraction of sp³-hybridized carbons (Fsp3) is 0.345. The average Bonchev–Trinajstić information content (AvgIpc) is 4.23. The van der Waals surface area contributed by atoms with Crippen molar-refractivity contribution in [2.24, 2.45) is 0 Å². The number of para-hydroxylation sites is 2. The lowest BCUT2D eigenvalue weighted by molar-refractivity contribution is -0.438. The molecule has 9 rings (SSSR count). The highest BCUT2D eigenvalue weighted by Crippen LogP contribution is 2.51. The number of hydrogen-bond donors (Lipinski definition) is 2. The van der Waals surface area contributed by atoms with Crippen LogP contribution in [0.3, 0.4) is 0 Å². The van der Waals surface area contributed by atoms with Crippen molar-refractivity contribution < 1.29 is 14.2 Å². The molecule has 2 aliphatic heterocycles. The van der Waals surface area contributed by atoms with Gasteiger partial charge in [-0.15, -0.1) is 34.4 Å². The summed E-state index contributed by atoms with van der Waals surface area (Å²) in [6.45, 7) is 17.2. The minimum Gasteiger partial charge on any atom is -0.355 e. The van der Waals surface area contributed by atoms with Gasteiger partial charge in [0.25, 0.3) is 0 Å². The fourth-order valence-corrected chi connectivity index (χ4v) is 13.9. The molecule has 3 aromatic carbocycles. The molecular formula is C58H60N7O2S4+. The van der Waals surface area contributed by atoms with Crippen molar-refractivity contribution in [3.05, 3.63) is 140 Å². The Kier molecular flexibility index (Phi) is 14.8. The van der Waals surface area contributed by atoms with Crippen LogP contribution in [0, 0.1) is 16.7 Å². The van der Waals surface area contributed by atoms with Crippen LogP contribution < -0.4 is 10.2 Å². The van der Waals surface area contributed by atoms with E-state index in [9.17, 15) is 14.9 Å². The first-order valence-electron chi connectivity index (χ1n) is 24.8. The monoisotopic (exact) mass is 1010 g/mol. The maximum atomic E-state index is 14.5. The number of aryl methyl sites for hydroxylation is 2. The first-order valence-corrected chi connectivity index (χ1v) is 28.1. The summed E-state index contributed by atoms with van der Waals surface area (Å²) in [5.74, 6) is 2.96. The second-order valence-electron chi connectivity index (χ2n) is 19.3. The van der Waals surface area contributed by atoms with Crippen molar-refractivity contribution in [3.63, 3.8) is 0 Å². The lowest BCUT2D eigenvalue weighted by Gasteiger charge is -2.30. The van der Waals surface area contributed by atoms with Crippen LogP contribution in [0.4, 0.5) is 11.4 Å². The number of hydrogen-bond acceptors (Lipinski definition) is 11. The van der Waals surface area contributed by atoms with Gasteiger partial charge < -0.3 is 10.2 Å². The third-order valence-corrected chi connectivity index (χ3v) is 18.2. The number of anilines is 1. The number of nitriles is 1. The Morgan fingerprint density at radius 1 is 0.873 bits per heavy atom. The Labute approximate surface area is 434 Å². The summed E-state index contributed by atoms with van der Waals surface area (Å²) < 4.78 is 11.9. The van der Waals surface area contributed by atoms with Gasteiger partial charge in [-0.3, -0.25) is 15.0 Å². The summed E-state index contributed by atoms with van der Waals surface area (Å²) in [7, 11) is 0. The van der Waals surface area contributed by atoms with Crippen LogP contribution in [0.5, 0.6) is 0 Å². The number of nitrogens with one attached hydrogen (secondary N) is 2. The number of nitrogens with zero attached hydrogens (tertiary/aromatic N) is 5. The second kappa shape index (κ2) is 21.0. The molecule has 5 heterocycles. The minimum atomic E-state index is -0.462. The average molecular weight is 1020 g/mol. The quantitative estimate of drug-likeness (QED) is 0.0207. The summed E-state index contributed by atoms with van der Waals surface area (Å²) in [4.78, 5) is 36.5. The minimum absolute atomic E-state index is 0.0245. The summed E-state index contributed by atoms with van der Waals surface area (Å²) in [5.41, 5.74) is 11.2. The summed E-state index contributed by atoms with van der Waals surface area (Å²) in [6, 6.07) is 30.0. The van der Waals surface area contributed by atoms with Crippen LogP contribution in [-0.4, -0.2) is 62.0 Å². The molecule has 1 aliphatic carbocycles. The van der Waals surface area contributed by atoms with Gasteiger partial charge in [-0.05, 0) is 93.4 Å². The summed E-state index contributed by atoms with van der Waals surface area (Å²) in [5, 5.41) is 21.7. The number of fused-ring (bicyclic) bond motifs is 3. The smallest absolute Gasteiger partial charge is 0.220 e. The number of carbonyl (C=O) groups is 2. The molecule has 9 nitrogen and oxygen atoms in total. The molecule has 6 aromatic rings. The molecule has 362 valence electrons. The Balaban J connectivity index is 0.919. The Morgan fingerprint density at radius 3 is 2.30 bits per heavy atom. The van der Waals surface area contributed by atoms with Crippen LogP contribution in [0.15, 0.2) is 124 Å². The van der Waals surface area contributed by atoms with Crippen LogP contribution in [-0.2, 0) is 33.3 Å². The Bertz CT molecular complexity index is 3310. The molecule has 13 heteroatoms. The highest BCUT2D eigenvalue weighted by molar-refractivity contribution is 7.99. The molecule has 2 N–H and O–H groups in total. The lowest BCUT2D eigenvalue weighted by Crippen LogP contribution is -2.32. The van der Waals surface area contributed by atoms with E-state index in [0.717, 1.165) is 94.1 Å². The Hall–Kier alpha value is -6.00. The molecule has 0 saturated carbocycles. The first kappa shape index (κ1) is 50.0. The van der Waals surface area contributed by atoms with E-state index in [2.05, 4.69) is 142 Å². The predicted molar refractivity (Wildman–Crippen MR) is 296 cm³/mol. The van der Waals surface area contributed by atoms with Crippen molar-refractivity contribution in [2.75, 3.05) is 30.3 Å². The zero-order valence-electron chi connectivity index (χ0n) is 41.6. The normalized spacial score (nSPS) is 16.7. The molecule has 0 saturated heterocycles. The number of thioether (sulfide) groups is 1. The van der Waals surface area contributed by atoms with Crippen LogP contribution in [0.2, 0.25) is 0 Å². The van der Waals surface area contributed by atoms with Crippen LogP contribution in [0.1, 0.15) is 101 Å². The second-order valence-corrected chi connectivity index (χ2v) is 23.3. The van der Waals surface area contributed by atoms with Gasteiger partial charge in [-0.2, -0.15) is 18.6 Å². The van der Waals surface area contributed by atoms with Crippen molar-refractivity contribution in [3.8, 4) is 27.0 Å². The van der Waals surface area contributed by atoms with Gasteiger partial charge in [0.05, 0.1) is 17.1 Å². The van der Waals surface area contributed by atoms with Gasteiger partial charge in [0.15, 0.2) is 11.5 Å². The molecule has 71 heavy (non-hydrogen) atoms. The first-order chi connectivity index (χ1) is 34.4. The molecule has 3 aliphatic rings. The molecule has 0 spiro atoms. The molecule has 0 bridgehead atoms. The fourth-order valence-electron chi connectivity index (χ4n) is 10.3.